The molecule has 1 atom stereocenters. The van der Waals surface area contributed by atoms with Crippen LogP contribution in [0.5, 0.6) is 0 Å². The number of benzene rings is 2. The Hall–Kier alpha value is -2.87. The Bertz CT molecular complexity index is 1170. The van der Waals surface area contributed by atoms with E-state index in [0.717, 1.165) is 58.5 Å². The fourth-order valence-corrected chi connectivity index (χ4v) is 5.48. The first kappa shape index (κ1) is 26.7. The highest BCUT2D eigenvalue weighted by molar-refractivity contribution is 7.92. The number of amides is 2. The average molecular weight is 500 g/mol. The van der Waals surface area contributed by atoms with Crippen molar-refractivity contribution in [2.75, 3.05) is 17.1 Å². The van der Waals surface area contributed by atoms with Crippen molar-refractivity contribution in [1.82, 2.24) is 10.2 Å². The van der Waals surface area contributed by atoms with Crippen molar-refractivity contribution in [3.05, 3.63) is 64.7 Å². The Morgan fingerprint density at radius 3 is 2.34 bits per heavy atom. The molecule has 0 saturated heterocycles. The molecule has 1 fully saturated rings. The van der Waals surface area contributed by atoms with E-state index in [1.165, 1.54) is 4.90 Å². The molecule has 3 rings (SSSR count). The first-order chi connectivity index (χ1) is 16.5. The number of carbonyl (C=O) groups is 2. The van der Waals surface area contributed by atoms with E-state index in [4.69, 9.17) is 0 Å². The van der Waals surface area contributed by atoms with Crippen molar-refractivity contribution in [1.29, 1.82) is 0 Å². The van der Waals surface area contributed by atoms with E-state index in [-0.39, 0.29) is 25.0 Å². The van der Waals surface area contributed by atoms with Crippen LogP contribution in [0.25, 0.3) is 0 Å². The molecule has 0 bridgehead atoms. The Labute approximate surface area is 209 Å². The largest absolute Gasteiger partial charge is 0.352 e. The van der Waals surface area contributed by atoms with E-state index >= 15 is 0 Å². The molecule has 8 heteroatoms. The fourth-order valence-electron chi connectivity index (χ4n) is 4.58. The number of hydrogen-bond acceptors (Lipinski definition) is 4. The molecule has 0 heterocycles. The highest BCUT2D eigenvalue weighted by Crippen LogP contribution is 2.25. The lowest BCUT2D eigenvalue weighted by molar-refractivity contribution is -0.139. The predicted octanol–water partition coefficient (Wildman–Crippen LogP) is 3.85. The van der Waals surface area contributed by atoms with Gasteiger partial charge in [0.05, 0.1) is 11.9 Å². The Kier molecular flexibility index (Phi) is 8.59. The number of aryl methyl sites for hydroxylation is 2. The van der Waals surface area contributed by atoms with E-state index in [9.17, 15) is 18.0 Å². The van der Waals surface area contributed by atoms with Gasteiger partial charge in [-0.15, -0.1) is 0 Å². The van der Waals surface area contributed by atoms with Crippen LogP contribution in [0.3, 0.4) is 0 Å². The summed E-state index contributed by atoms with van der Waals surface area (Å²) in [6, 6.07) is 12.5. The zero-order valence-corrected chi connectivity index (χ0v) is 22.2. The highest BCUT2D eigenvalue weighted by Gasteiger charge is 2.31. The molecule has 7 nitrogen and oxygen atoms in total. The Balaban J connectivity index is 1.91. The average Bonchev–Trinajstić information content (AvgIpc) is 3.29. The molecule has 0 aromatic heterocycles. The van der Waals surface area contributed by atoms with Crippen molar-refractivity contribution in [3.63, 3.8) is 0 Å². The third-order valence-electron chi connectivity index (χ3n) is 6.83. The zero-order chi connectivity index (χ0) is 25.8. The van der Waals surface area contributed by atoms with Crippen molar-refractivity contribution >= 4 is 27.5 Å². The van der Waals surface area contributed by atoms with Crippen molar-refractivity contribution < 1.29 is 18.0 Å². The Morgan fingerprint density at radius 1 is 1.06 bits per heavy atom. The van der Waals surface area contributed by atoms with Crippen LogP contribution in [0.2, 0.25) is 0 Å². The molecule has 0 radical (unpaired) electrons. The van der Waals surface area contributed by atoms with Crippen LogP contribution in [0.4, 0.5) is 5.69 Å². The van der Waals surface area contributed by atoms with Gasteiger partial charge in [-0.25, -0.2) is 8.42 Å². The summed E-state index contributed by atoms with van der Waals surface area (Å²) < 4.78 is 26.7. The van der Waals surface area contributed by atoms with E-state index in [0.29, 0.717) is 5.69 Å². The van der Waals surface area contributed by atoms with Gasteiger partial charge in [-0.1, -0.05) is 54.8 Å². The van der Waals surface area contributed by atoms with Crippen LogP contribution < -0.4 is 9.62 Å². The molecule has 0 spiro atoms. The van der Waals surface area contributed by atoms with Gasteiger partial charge in [0.1, 0.15) is 12.6 Å². The minimum Gasteiger partial charge on any atom is -0.352 e. The summed E-state index contributed by atoms with van der Waals surface area (Å²) in [5.41, 5.74) is 4.13. The lowest BCUT2D eigenvalue weighted by Gasteiger charge is -2.32. The van der Waals surface area contributed by atoms with Gasteiger partial charge in [0, 0.05) is 12.6 Å². The van der Waals surface area contributed by atoms with Gasteiger partial charge in [0.25, 0.3) is 0 Å². The first-order valence-electron chi connectivity index (χ1n) is 12.2. The zero-order valence-electron chi connectivity index (χ0n) is 21.4. The standard InChI is InChI=1S/C27H37N3O4S/c1-19-10-8-12-23(16-19)17-29(22(4)27(32)28-24-13-6-7-14-24)26(31)18-30(35(5,33)34)25-15-9-11-20(2)21(25)3/h8-12,15-16,22,24H,6-7,13-14,17-18H2,1-5H3,(H,28,32)/t22-/m1/s1. The maximum Gasteiger partial charge on any atom is 0.244 e. The van der Waals surface area contributed by atoms with Gasteiger partial charge in [-0.3, -0.25) is 13.9 Å². The van der Waals surface area contributed by atoms with Gasteiger partial charge in [-0.2, -0.15) is 0 Å². The molecule has 2 aromatic carbocycles. The lowest BCUT2D eigenvalue weighted by atomic mass is 10.1. The monoisotopic (exact) mass is 499 g/mol. The minimum absolute atomic E-state index is 0.128. The van der Waals surface area contributed by atoms with E-state index in [1.807, 2.05) is 51.1 Å². The number of anilines is 1. The first-order valence-corrected chi connectivity index (χ1v) is 14.0. The molecule has 1 saturated carbocycles. The van der Waals surface area contributed by atoms with Crippen molar-refractivity contribution in [3.8, 4) is 0 Å². The predicted molar refractivity (Wildman–Crippen MR) is 140 cm³/mol. The molecule has 0 aliphatic heterocycles. The van der Waals surface area contributed by atoms with E-state index < -0.39 is 22.0 Å². The highest BCUT2D eigenvalue weighted by atomic mass is 32.2. The number of nitrogens with zero attached hydrogens (tertiary/aromatic N) is 2. The van der Waals surface area contributed by atoms with Gasteiger partial charge in [0.2, 0.25) is 21.8 Å². The maximum absolute atomic E-state index is 13.7. The molecule has 0 unspecified atom stereocenters. The molecule has 2 aromatic rings. The normalized spacial score (nSPS) is 15.0. The summed E-state index contributed by atoms with van der Waals surface area (Å²) in [5.74, 6) is -0.637. The number of hydrogen-bond donors (Lipinski definition) is 1. The summed E-state index contributed by atoms with van der Waals surface area (Å²) in [6.07, 6.45) is 5.16. The maximum atomic E-state index is 13.7. The van der Waals surface area contributed by atoms with Gasteiger partial charge in [0.15, 0.2) is 0 Å². The van der Waals surface area contributed by atoms with Crippen molar-refractivity contribution in [2.24, 2.45) is 0 Å². The SMILES string of the molecule is Cc1cccc(CN(C(=O)CN(c2cccc(C)c2C)S(C)(=O)=O)[C@H](C)C(=O)NC2CCCC2)c1. The second-order valence-electron chi connectivity index (χ2n) is 9.67. The second-order valence-corrected chi connectivity index (χ2v) is 11.6. The minimum atomic E-state index is -3.74. The molecule has 2 amide bonds. The van der Waals surface area contributed by atoms with Crippen LogP contribution in [0.15, 0.2) is 42.5 Å². The van der Waals surface area contributed by atoms with Crippen LogP contribution >= 0.6 is 0 Å². The molecular formula is C27H37N3O4S. The molecule has 190 valence electrons. The summed E-state index contributed by atoms with van der Waals surface area (Å²) in [5, 5.41) is 3.08. The number of carbonyl (C=O) groups excluding carboxylic acids is 2. The number of rotatable bonds is 9. The molecule has 1 aliphatic rings. The second kappa shape index (κ2) is 11.2. The van der Waals surface area contributed by atoms with E-state index in [2.05, 4.69) is 5.32 Å². The van der Waals surface area contributed by atoms with E-state index in [1.54, 1.807) is 19.1 Å². The molecular weight excluding hydrogens is 462 g/mol. The van der Waals surface area contributed by atoms with Crippen LogP contribution in [-0.2, 0) is 26.2 Å². The third-order valence-corrected chi connectivity index (χ3v) is 7.95. The van der Waals surface area contributed by atoms with Gasteiger partial charge < -0.3 is 10.2 Å². The molecule has 1 aliphatic carbocycles. The third kappa shape index (κ3) is 6.84. The molecule has 1 N–H and O–H groups in total. The summed E-state index contributed by atoms with van der Waals surface area (Å²) >= 11 is 0. The van der Waals surface area contributed by atoms with Crippen LogP contribution in [-0.4, -0.2) is 50.0 Å². The molecule has 35 heavy (non-hydrogen) atoms. The summed E-state index contributed by atoms with van der Waals surface area (Å²) in [7, 11) is -3.74. The quantitative estimate of drug-likeness (QED) is 0.568. The Morgan fingerprint density at radius 2 is 1.71 bits per heavy atom. The van der Waals surface area contributed by atoms with Gasteiger partial charge in [-0.05, 0) is 63.3 Å². The van der Waals surface area contributed by atoms with Crippen LogP contribution in [0, 0.1) is 20.8 Å². The smallest absolute Gasteiger partial charge is 0.244 e. The fraction of sp³-hybridized carbons (Fsp3) is 0.481. The summed E-state index contributed by atoms with van der Waals surface area (Å²) in [6.45, 7) is 7.26. The van der Waals surface area contributed by atoms with Crippen molar-refractivity contribution in [2.45, 2.75) is 72.0 Å². The van der Waals surface area contributed by atoms with Gasteiger partial charge >= 0.3 is 0 Å². The lowest BCUT2D eigenvalue weighted by Crippen LogP contribution is -2.52. The number of nitrogens with one attached hydrogen (secondary N) is 1. The van der Waals surface area contributed by atoms with Crippen LogP contribution in [0.1, 0.15) is 54.9 Å². The topological polar surface area (TPSA) is 86.8 Å². The summed E-state index contributed by atoms with van der Waals surface area (Å²) in [4.78, 5) is 28.3. The number of sulfonamides is 1.